The van der Waals surface area contributed by atoms with E-state index in [1.54, 1.807) is 20.1 Å². The fourth-order valence-electron chi connectivity index (χ4n) is 2.38. The lowest BCUT2D eigenvalue weighted by Crippen LogP contribution is -2.22. The number of nitrogens with one attached hydrogen (secondary N) is 1. The van der Waals surface area contributed by atoms with Crippen molar-refractivity contribution in [1.82, 2.24) is 14.9 Å². The van der Waals surface area contributed by atoms with Crippen LogP contribution in [0.1, 0.15) is 16.8 Å². The van der Waals surface area contributed by atoms with E-state index in [0.29, 0.717) is 23.7 Å². The van der Waals surface area contributed by atoms with Crippen LogP contribution >= 0.6 is 28.1 Å². The number of hydrogen-bond donors (Lipinski definition) is 1. The smallest absolute Gasteiger partial charge is 0.296 e. The predicted octanol–water partition coefficient (Wildman–Crippen LogP) is 3.84. The van der Waals surface area contributed by atoms with Gasteiger partial charge in [-0.25, -0.2) is 0 Å². The molecule has 0 radical (unpaired) electrons. The third-order valence-corrected chi connectivity index (χ3v) is 4.64. The van der Waals surface area contributed by atoms with Crippen LogP contribution in [0.2, 0.25) is 0 Å². The average Bonchev–Trinajstić information content (AvgIpc) is 2.70. The van der Waals surface area contributed by atoms with Gasteiger partial charge in [0.2, 0.25) is 4.77 Å². The summed E-state index contributed by atoms with van der Waals surface area (Å²) in [5.41, 5.74) is 1.52. The summed E-state index contributed by atoms with van der Waals surface area (Å²) in [5, 5.41) is 10.6. The molecule has 1 N–H and O–H groups in total. The Hall–Kier alpha value is -2.78. The monoisotopic (exact) mass is 460 g/mol. The molecule has 7 nitrogen and oxygen atoms in total. The van der Waals surface area contributed by atoms with Crippen molar-refractivity contribution in [2.45, 2.75) is 13.5 Å². The molecule has 0 unspecified atom stereocenters. The number of aryl methyl sites for hydroxylation is 1. The van der Waals surface area contributed by atoms with Gasteiger partial charge in [0.25, 0.3) is 5.56 Å². The Bertz CT molecular complexity index is 1120. The number of para-hydroxylation sites is 1. The van der Waals surface area contributed by atoms with E-state index < -0.39 is 0 Å². The molecule has 0 bridgehead atoms. The van der Waals surface area contributed by atoms with Crippen molar-refractivity contribution < 1.29 is 9.47 Å². The molecule has 1 heterocycles. The molecule has 3 aromatic rings. The van der Waals surface area contributed by atoms with Crippen molar-refractivity contribution in [3.05, 3.63) is 78.9 Å². The van der Waals surface area contributed by atoms with Crippen LogP contribution in [0.5, 0.6) is 11.5 Å². The normalized spacial score (nSPS) is 11.0. The zero-order valence-electron chi connectivity index (χ0n) is 15.2. The fourth-order valence-corrected chi connectivity index (χ4v) is 2.82. The first-order valence-electron chi connectivity index (χ1n) is 8.26. The molecule has 144 valence electrons. The summed E-state index contributed by atoms with van der Waals surface area (Å²) in [6.07, 6.45) is 1.50. The molecule has 0 spiro atoms. The molecule has 0 aliphatic heterocycles. The van der Waals surface area contributed by atoms with E-state index in [-0.39, 0.29) is 16.0 Å². The van der Waals surface area contributed by atoms with Gasteiger partial charge in [-0.2, -0.15) is 14.9 Å². The van der Waals surface area contributed by atoms with Gasteiger partial charge in [0, 0.05) is 10.0 Å². The maximum atomic E-state index is 12.2. The highest BCUT2D eigenvalue weighted by Crippen LogP contribution is 2.31. The number of rotatable bonds is 6. The molecule has 0 aliphatic rings. The van der Waals surface area contributed by atoms with Crippen LogP contribution in [-0.2, 0) is 6.61 Å². The Morgan fingerprint density at radius 2 is 2.04 bits per heavy atom. The number of benzene rings is 2. The molecule has 3 rings (SSSR count). The van der Waals surface area contributed by atoms with Crippen LogP contribution < -0.4 is 15.0 Å². The van der Waals surface area contributed by atoms with Gasteiger partial charge in [-0.05, 0) is 49.0 Å². The Balaban J connectivity index is 1.93. The topological polar surface area (TPSA) is 81.5 Å². The molecule has 28 heavy (non-hydrogen) atoms. The van der Waals surface area contributed by atoms with Crippen LogP contribution in [-0.4, -0.2) is 28.2 Å². The molecule has 0 saturated carbocycles. The quantitative estimate of drug-likeness (QED) is 0.446. The van der Waals surface area contributed by atoms with E-state index in [1.807, 2.05) is 36.4 Å². The van der Waals surface area contributed by atoms with E-state index >= 15 is 0 Å². The fraction of sp³-hybridized carbons (Fsp3) is 0.158. The minimum atomic E-state index is -0.389. The lowest BCUT2D eigenvalue weighted by Gasteiger charge is -2.13. The molecular formula is C19H17BrN4O3S. The van der Waals surface area contributed by atoms with Crippen LogP contribution in [0.4, 0.5) is 0 Å². The highest BCUT2D eigenvalue weighted by Gasteiger charge is 2.10. The van der Waals surface area contributed by atoms with Crippen molar-refractivity contribution >= 4 is 34.4 Å². The van der Waals surface area contributed by atoms with Gasteiger partial charge in [-0.15, -0.1) is 0 Å². The van der Waals surface area contributed by atoms with Crippen molar-refractivity contribution in [1.29, 1.82) is 0 Å². The van der Waals surface area contributed by atoms with E-state index in [9.17, 15) is 4.79 Å². The second kappa shape index (κ2) is 8.94. The number of ether oxygens (including phenoxy) is 2. The van der Waals surface area contributed by atoms with Crippen molar-refractivity contribution in [2.75, 3.05) is 7.11 Å². The molecule has 0 saturated heterocycles. The molecule has 0 aliphatic carbocycles. The predicted molar refractivity (Wildman–Crippen MR) is 113 cm³/mol. The molecular weight excluding hydrogens is 444 g/mol. The van der Waals surface area contributed by atoms with Crippen LogP contribution in [0.15, 0.2) is 56.8 Å². The van der Waals surface area contributed by atoms with Gasteiger partial charge in [-0.1, -0.05) is 34.1 Å². The number of halogens is 1. The summed E-state index contributed by atoms with van der Waals surface area (Å²) in [6.45, 7) is 1.93. The average molecular weight is 461 g/mol. The lowest BCUT2D eigenvalue weighted by atomic mass is 10.2. The van der Waals surface area contributed by atoms with E-state index in [2.05, 4.69) is 31.2 Å². The summed E-state index contributed by atoms with van der Waals surface area (Å²) in [5.74, 6) is 1.08. The molecule has 0 amide bonds. The Labute approximate surface area is 174 Å². The van der Waals surface area contributed by atoms with Crippen LogP contribution in [0, 0.1) is 11.7 Å². The molecule has 9 heteroatoms. The Morgan fingerprint density at radius 1 is 1.29 bits per heavy atom. The highest BCUT2D eigenvalue weighted by atomic mass is 79.9. The van der Waals surface area contributed by atoms with Crippen molar-refractivity contribution in [2.24, 2.45) is 5.10 Å². The van der Waals surface area contributed by atoms with Gasteiger partial charge < -0.3 is 9.47 Å². The summed E-state index contributed by atoms with van der Waals surface area (Å²) in [6, 6.07) is 13.2. The number of nitrogens with zero attached hydrogens (tertiary/aromatic N) is 3. The minimum Gasteiger partial charge on any atom is -0.493 e. The van der Waals surface area contributed by atoms with E-state index in [1.165, 1.54) is 6.21 Å². The van der Waals surface area contributed by atoms with Crippen LogP contribution in [0.25, 0.3) is 0 Å². The largest absolute Gasteiger partial charge is 0.493 e. The number of hydrogen-bond acceptors (Lipinski definition) is 6. The Morgan fingerprint density at radius 3 is 2.75 bits per heavy atom. The number of H-pyrrole nitrogens is 1. The zero-order chi connectivity index (χ0) is 20.1. The first-order valence-corrected chi connectivity index (χ1v) is 9.46. The van der Waals surface area contributed by atoms with Gasteiger partial charge in [0.15, 0.2) is 11.5 Å². The standard InChI is InChI=1S/C19H17BrN4O3S/c1-12-18(25)24(19(28)23-22-12)21-10-14-4-3-5-16(26-2)17(14)27-11-13-6-8-15(20)9-7-13/h3-10H,11H2,1-2H3,(H,23,28). The molecule has 0 fully saturated rings. The lowest BCUT2D eigenvalue weighted by molar-refractivity contribution is 0.284. The third-order valence-electron chi connectivity index (χ3n) is 3.85. The molecule has 1 aromatic heterocycles. The van der Waals surface area contributed by atoms with Gasteiger partial charge >= 0.3 is 0 Å². The van der Waals surface area contributed by atoms with Crippen molar-refractivity contribution in [3.63, 3.8) is 0 Å². The maximum absolute atomic E-state index is 12.2. The maximum Gasteiger partial charge on any atom is 0.296 e. The van der Waals surface area contributed by atoms with Gasteiger partial charge in [0.1, 0.15) is 12.3 Å². The number of aromatic amines is 1. The first kappa shape index (κ1) is 20.0. The van der Waals surface area contributed by atoms with Crippen molar-refractivity contribution in [3.8, 4) is 11.5 Å². The summed E-state index contributed by atoms with van der Waals surface area (Å²) in [7, 11) is 1.57. The molecule has 2 aromatic carbocycles. The second-order valence-corrected chi connectivity index (χ2v) is 7.07. The highest BCUT2D eigenvalue weighted by molar-refractivity contribution is 9.10. The second-order valence-electron chi connectivity index (χ2n) is 5.77. The van der Waals surface area contributed by atoms with Gasteiger partial charge in [-0.3, -0.25) is 9.89 Å². The first-order chi connectivity index (χ1) is 13.5. The number of methoxy groups -OCH3 is 1. The molecule has 0 atom stereocenters. The summed E-state index contributed by atoms with van der Waals surface area (Å²) < 4.78 is 13.6. The minimum absolute atomic E-state index is 0.104. The summed E-state index contributed by atoms with van der Waals surface area (Å²) >= 11 is 8.51. The Kier molecular flexibility index (Phi) is 6.37. The van der Waals surface area contributed by atoms with Crippen LogP contribution in [0.3, 0.4) is 0 Å². The van der Waals surface area contributed by atoms with E-state index in [0.717, 1.165) is 14.7 Å². The zero-order valence-corrected chi connectivity index (χ0v) is 17.6. The SMILES string of the molecule is COc1cccc(C=Nn2c(=S)[nH]nc(C)c2=O)c1OCc1ccc(Br)cc1. The number of aromatic nitrogens is 3. The third kappa shape index (κ3) is 4.55. The van der Waals surface area contributed by atoms with E-state index in [4.69, 9.17) is 21.7 Å². The van der Waals surface area contributed by atoms with Gasteiger partial charge in [0.05, 0.1) is 13.3 Å². The summed E-state index contributed by atoms with van der Waals surface area (Å²) in [4.78, 5) is 12.2.